The van der Waals surface area contributed by atoms with Gasteiger partial charge in [-0.1, -0.05) is 24.6 Å². The summed E-state index contributed by atoms with van der Waals surface area (Å²) in [5.74, 6) is -0.752. The maximum absolute atomic E-state index is 12.7. The number of anilines is 1. The molecule has 26 heavy (non-hydrogen) atoms. The van der Waals surface area contributed by atoms with Crippen LogP contribution in [-0.4, -0.2) is 40.8 Å². The molecule has 0 N–H and O–H groups in total. The summed E-state index contributed by atoms with van der Waals surface area (Å²) in [6.45, 7) is 11.5. The van der Waals surface area contributed by atoms with Crippen LogP contribution >= 0.6 is 0 Å². The maximum atomic E-state index is 12.7. The van der Waals surface area contributed by atoms with Gasteiger partial charge in [0.25, 0.3) is 11.7 Å². The van der Waals surface area contributed by atoms with Gasteiger partial charge in [-0.05, 0) is 58.6 Å². The number of benzene rings is 1. The maximum Gasteiger partial charge on any atom is 0.300 e. The minimum atomic E-state index is -0.490. The first-order valence-electron chi connectivity index (χ1n) is 9.72. The zero-order chi connectivity index (χ0) is 18.8. The second kappa shape index (κ2) is 5.78. The van der Waals surface area contributed by atoms with Gasteiger partial charge in [-0.15, -0.1) is 0 Å². The molecule has 2 atom stereocenters. The van der Waals surface area contributed by atoms with Crippen molar-refractivity contribution in [1.29, 1.82) is 0 Å². The van der Waals surface area contributed by atoms with Gasteiger partial charge in [-0.2, -0.15) is 0 Å². The van der Waals surface area contributed by atoms with Crippen molar-refractivity contribution in [3.05, 3.63) is 34.9 Å². The van der Waals surface area contributed by atoms with E-state index in [4.69, 9.17) is 0 Å². The quantitative estimate of drug-likeness (QED) is 0.757. The molecule has 4 heteroatoms. The smallest absolute Gasteiger partial charge is 0.295 e. The minimum Gasteiger partial charge on any atom is -0.295 e. The number of hydrogen-bond acceptors (Lipinski definition) is 3. The normalized spacial score (nSPS) is 27.6. The van der Waals surface area contributed by atoms with Crippen LogP contribution in [0.1, 0.15) is 68.4 Å². The summed E-state index contributed by atoms with van der Waals surface area (Å²) in [4.78, 5) is 29.6. The van der Waals surface area contributed by atoms with Gasteiger partial charge in [0.05, 0.1) is 16.8 Å². The number of hydrogen-bond donors (Lipinski definition) is 0. The van der Waals surface area contributed by atoms with E-state index in [1.165, 1.54) is 24.8 Å². The molecule has 0 spiro atoms. The molecular formula is C22H28N2O2. The topological polar surface area (TPSA) is 40.6 Å². The largest absolute Gasteiger partial charge is 0.300 e. The van der Waals surface area contributed by atoms with Crippen molar-refractivity contribution in [1.82, 2.24) is 4.90 Å². The Balaban J connectivity index is 1.83. The molecular weight excluding hydrogens is 324 g/mol. The fourth-order valence-electron chi connectivity index (χ4n) is 5.01. The number of rotatable bonds is 2. The molecule has 138 valence electrons. The first-order chi connectivity index (χ1) is 12.2. The molecule has 1 saturated heterocycles. The Morgan fingerprint density at radius 2 is 1.77 bits per heavy atom. The van der Waals surface area contributed by atoms with Gasteiger partial charge >= 0.3 is 0 Å². The number of carbonyl (C=O) groups is 2. The molecule has 0 aromatic heterocycles. The summed E-state index contributed by atoms with van der Waals surface area (Å²) < 4.78 is 0. The lowest BCUT2D eigenvalue weighted by atomic mass is 9.86. The molecule has 0 bridgehead atoms. The van der Waals surface area contributed by atoms with Crippen LogP contribution in [0.4, 0.5) is 5.69 Å². The Morgan fingerprint density at radius 3 is 2.42 bits per heavy atom. The van der Waals surface area contributed by atoms with E-state index in [1.807, 2.05) is 26.8 Å². The Hall–Kier alpha value is -1.94. The molecule has 3 heterocycles. The molecule has 3 aliphatic heterocycles. The van der Waals surface area contributed by atoms with Gasteiger partial charge < -0.3 is 0 Å². The van der Waals surface area contributed by atoms with Crippen molar-refractivity contribution in [2.24, 2.45) is 0 Å². The highest BCUT2D eigenvalue weighted by Crippen LogP contribution is 2.46. The van der Waals surface area contributed by atoms with Crippen LogP contribution in [0.25, 0.3) is 5.57 Å². The summed E-state index contributed by atoms with van der Waals surface area (Å²) in [7, 11) is 0. The second-order valence-corrected chi connectivity index (χ2v) is 8.75. The van der Waals surface area contributed by atoms with E-state index in [-0.39, 0.29) is 5.78 Å². The fourth-order valence-corrected chi connectivity index (χ4v) is 5.01. The van der Waals surface area contributed by atoms with Crippen LogP contribution in [0, 0.1) is 6.92 Å². The Bertz CT molecular complexity index is 827. The van der Waals surface area contributed by atoms with Crippen LogP contribution in [0.15, 0.2) is 18.2 Å². The Labute approximate surface area is 155 Å². The van der Waals surface area contributed by atoms with E-state index < -0.39 is 11.4 Å². The van der Waals surface area contributed by atoms with Crippen molar-refractivity contribution in [2.45, 2.75) is 71.5 Å². The van der Waals surface area contributed by atoms with E-state index in [1.54, 1.807) is 4.90 Å². The summed E-state index contributed by atoms with van der Waals surface area (Å²) >= 11 is 0. The van der Waals surface area contributed by atoms with Crippen molar-refractivity contribution in [3.8, 4) is 0 Å². The molecule has 1 aromatic rings. The zero-order valence-corrected chi connectivity index (χ0v) is 16.4. The minimum absolute atomic E-state index is 0.359. The predicted octanol–water partition coefficient (Wildman–Crippen LogP) is 3.96. The number of amides is 1. The third kappa shape index (κ3) is 2.38. The van der Waals surface area contributed by atoms with E-state index in [0.717, 1.165) is 23.4 Å². The standard InChI is InChI=1S/C22H28N2O2/c1-13-9-10-17-16(12-23-14(2)7-6-8-15(23)3)11-22(4,5)24-19(17)18(13)20(25)21(24)26/h9-11,14-15H,6-8,12H2,1-5H3. The first-order valence-corrected chi connectivity index (χ1v) is 9.72. The first kappa shape index (κ1) is 17.5. The van der Waals surface area contributed by atoms with Crippen molar-refractivity contribution in [2.75, 3.05) is 11.4 Å². The third-order valence-corrected chi connectivity index (χ3v) is 6.41. The molecule has 0 aliphatic carbocycles. The molecule has 3 aliphatic rings. The summed E-state index contributed by atoms with van der Waals surface area (Å²) in [6, 6.07) is 5.19. The Morgan fingerprint density at radius 1 is 1.12 bits per heavy atom. The number of Topliss-reactive ketones (excluding diaryl/α,β-unsaturated/α-hetero) is 1. The number of carbonyl (C=O) groups excluding carboxylic acids is 2. The summed E-state index contributed by atoms with van der Waals surface area (Å²) in [5, 5.41) is 0. The molecule has 0 saturated carbocycles. The van der Waals surface area contributed by atoms with Crippen molar-refractivity contribution < 1.29 is 9.59 Å². The summed E-state index contributed by atoms with van der Waals surface area (Å²) in [6.07, 6.45) is 5.95. The SMILES string of the molecule is Cc1ccc2c3c1C(=O)C(=O)N3C(C)(C)C=C2CN1C(C)CCCC1C. The lowest BCUT2D eigenvalue weighted by molar-refractivity contribution is -0.115. The van der Waals surface area contributed by atoms with Crippen LogP contribution < -0.4 is 4.90 Å². The van der Waals surface area contributed by atoms with Gasteiger partial charge in [0, 0.05) is 24.2 Å². The zero-order valence-electron chi connectivity index (χ0n) is 16.4. The van der Waals surface area contributed by atoms with E-state index in [0.29, 0.717) is 17.6 Å². The fraction of sp³-hybridized carbons (Fsp3) is 0.545. The monoisotopic (exact) mass is 352 g/mol. The Kier molecular flexibility index (Phi) is 3.88. The van der Waals surface area contributed by atoms with E-state index in [2.05, 4.69) is 30.9 Å². The number of piperidine rings is 1. The predicted molar refractivity (Wildman–Crippen MR) is 105 cm³/mol. The lowest BCUT2D eigenvalue weighted by Gasteiger charge is -2.43. The van der Waals surface area contributed by atoms with Gasteiger partial charge in [0.1, 0.15) is 0 Å². The lowest BCUT2D eigenvalue weighted by Crippen LogP contribution is -2.49. The molecule has 4 nitrogen and oxygen atoms in total. The number of nitrogens with zero attached hydrogens (tertiary/aromatic N) is 2. The van der Waals surface area contributed by atoms with Crippen molar-refractivity contribution >= 4 is 23.0 Å². The molecule has 1 amide bonds. The van der Waals surface area contributed by atoms with Gasteiger partial charge in [0.2, 0.25) is 0 Å². The number of likely N-dealkylation sites (tertiary alicyclic amines) is 1. The van der Waals surface area contributed by atoms with Crippen LogP contribution in [0.2, 0.25) is 0 Å². The number of aryl methyl sites for hydroxylation is 1. The van der Waals surface area contributed by atoms with E-state index in [9.17, 15) is 9.59 Å². The van der Waals surface area contributed by atoms with Gasteiger partial charge in [-0.25, -0.2) is 0 Å². The van der Waals surface area contributed by atoms with Crippen molar-refractivity contribution in [3.63, 3.8) is 0 Å². The third-order valence-electron chi connectivity index (χ3n) is 6.41. The molecule has 4 rings (SSSR count). The van der Waals surface area contributed by atoms with Crippen LogP contribution in [0.5, 0.6) is 0 Å². The highest BCUT2D eigenvalue weighted by Gasteiger charge is 2.47. The van der Waals surface area contributed by atoms with Gasteiger partial charge in [-0.3, -0.25) is 19.4 Å². The summed E-state index contributed by atoms with van der Waals surface area (Å²) in [5.41, 5.74) is 4.13. The van der Waals surface area contributed by atoms with Crippen LogP contribution in [0.3, 0.4) is 0 Å². The highest BCUT2D eigenvalue weighted by molar-refractivity contribution is 6.53. The van der Waals surface area contributed by atoms with Gasteiger partial charge in [0.15, 0.2) is 0 Å². The second-order valence-electron chi connectivity index (χ2n) is 8.75. The number of ketones is 1. The highest BCUT2D eigenvalue weighted by atomic mass is 16.2. The molecule has 2 unspecified atom stereocenters. The molecule has 0 radical (unpaired) electrons. The van der Waals surface area contributed by atoms with Crippen LogP contribution in [-0.2, 0) is 4.79 Å². The van der Waals surface area contributed by atoms with E-state index >= 15 is 0 Å². The average Bonchev–Trinajstić information content (AvgIpc) is 2.83. The molecule has 1 aromatic carbocycles. The average molecular weight is 352 g/mol. The molecule has 1 fully saturated rings.